The molecule has 2 amide bonds. The van der Waals surface area contributed by atoms with Gasteiger partial charge in [0.25, 0.3) is 5.91 Å². The van der Waals surface area contributed by atoms with Crippen molar-refractivity contribution in [1.29, 1.82) is 0 Å². The van der Waals surface area contributed by atoms with E-state index in [2.05, 4.69) is 74.0 Å². The summed E-state index contributed by atoms with van der Waals surface area (Å²) in [5.41, 5.74) is 6.18. The minimum Gasteiger partial charge on any atom is -0.492 e. The fourth-order valence-electron chi connectivity index (χ4n) is 4.82. The molecule has 5 rings (SSSR count). The number of carbonyl (C=O) groups excluding carboxylic acids is 2. The van der Waals surface area contributed by atoms with E-state index < -0.39 is 0 Å². The molecule has 0 fully saturated rings. The molecule has 8 nitrogen and oxygen atoms in total. The summed E-state index contributed by atoms with van der Waals surface area (Å²) in [5.74, 6) is 0.278. The Kier molecular flexibility index (Phi) is 8.33. The summed E-state index contributed by atoms with van der Waals surface area (Å²) in [6.07, 6.45) is 4.56. The molecule has 0 aliphatic carbocycles. The highest BCUT2D eigenvalue weighted by Crippen LogP contribution is 2.35. The normalized spacial score (nSPS) is 14.2. The topological polar surface area (TPSA) is 97.3 Å². The number of carbonyl (C=O) groups is 2. The van der Waals surface area contributed by atoms with Crippen LogP contribution in [-0.2, 0) is 17.9 Å². The lowest BCUT2D eigenvalue weighted by atomic mass is 9.97. The number of rotatable bonds is 10. The van der Waals surface area contributed by atoms with E-state index >= 15 is 0 Å². The second-order valence-electron chi connectivity index (χ2n) is 9.61. The van der Waals surface area contributed by atoms with Crippen molar-refractivity contribution in [2.45, 2.75) is 32.5 Å². The molecule has 1 aliphatic heterocycles. The zero-order valence-corrected chi connectivity index (χ0v) is 22.0. The van der Waals surface area contributed by atoms with Crippen LogP contribution in [0.5, 0.6) is 5.75 Å². The van der Waals surface area contributed by atoms with Gasteiger partial charge in [-0.1, -0.05) is 66.7 Å². The molecule has 1 aliphatic rings. The average molecular weight is 524 g/mol. The van der Waals surface area contributed by atoms with Crippen LogP contribution in [0, 0.1) is 0 Å². The summed E-state index contributed by atoms with van der Waals surface area (Å²) in [5, 5.41) is 9.18. The van der Waals surface area contributed by atoms with Crippen LogP contribution < -0.4 is 20.7 Å². The Hall–Kier alpha value is -4.43. The number of aromatic nitrogens is 2. The lowest BCUT2D eigenvalue weighted by molar-refractivity contribution is -0.118. The van der Waals surface area contributed by atoms with Crippen LogP contribution in [0.1, 0.15) is 46.6 Å². The maximum atomic E-state index is 12.8. The van der Waals surface area contributed by atoms with Gasteiger partial charge in [0.05, 0.1) is 24.2 Å². The number of benzene rings is 3. The van der Waals surface area contributed by atoms with E-state index in [1.807, 2.05) is 30.7 Å². The molecule has 3 N–H and O–H groups in total. The minimum absolute atomic E-state index is 0.0504. The van der Waals surface area contributed by atoms with Crippen LogP contribution >= 0.6 is 0 Å². The van der Waals surface area contributed by atoms with Crippen molar-refractivity contribution < 1.29 is 14.3 Å². The van der Waals surface area contributed by atoms with Crippen molar-refractivity contribution in [3.05, 3.63) is 108 Å². The van der Waals surface area contributed by atoms with E-state index in [9.17, 15) is 9.59 Å². The quantitative estimate of drug-likeness (QED) is 0.272. The highest BCUT2D eigenvalue weighted by atomic mass is 16.5. The molecule has 39 heavy (non-hydrogen) atoms. The average Bonchev–Trinajstić information content (AvgIpc) is 3.41. The summed E-state index contributed by atoms with van der Waals surface area (Å²) >= 11 is 0. The third kappa shape index (κ3) is 6.53. The van der Waals surface area contributed by atoms with Crippen molar-refractivity contribution in [2.75, 3.05) is 19.7 Å². The fourth-order valence-corrected chi connectivity index (χ4v) is 4.82. The zero-order chi connectivity index (χ0) is 27.0. The lowest BCUT2D eigenvalue weighted by Gasteiger charge is -2.28. The third-order valence-electron chi connectivity index (χ3n) is 6.85. The summed E-state index contributed by atoms with van der Waals surface area (Å²) < 4.78 is 8.10. The zero-order valence-electron chi connectivity index (χ0n) is 22.0. The van der Waals surface area contributed by atoms with Gasteiger partial charge in [-0.3, -0.25) is 9.59 Å². The van der Waals surface area contributed by atoms with E-state index in [1.165, 1.54) is 23.6 Å². The van der Waals surface area contributed by atoms with Gasteiger partial charge in [0.2, 0.25) is 5.91 Å². The lowest BCUT2D eigenvalue weighted by Crippen LogP contribution is -2.34. The van der Waals surface area contributed by atoms with Crippen molar-refractivity contribution in [3.63, 3.8) is 0 Å². The van der Waals surface area contributed by atoms with E-state index in [-0.39, 0.29) is 17.9 Å². The Labute approximate surface area is 228 Å². The van der Waals surface area contributed by atoms with Gasteiger partial charge in [-0.2, -0.15) is 0 Å². The summed E-state index contributed by atoms with van der Waals surface area (Å²) in [7, 11) is 0. The molecule has 0 radical (unpaired) electrons. The number of ether oxygens (including phenoxy) is 1. The van der Waals surface area contributed by atoms with Gasteiger partial charge in [-0.15, -0.1) is 0 Å². The molecule has 3 aromatic carbocycles. The van der Waals surface area contributed by atoms with Crippen LogP contribution in [0.25, 0.3) is 11.1 Å². The fraction of sp³-hybridized carbons (Fsp3) is 0.258. The van der Waals surface area contributed by atoms with Crippen LogP contribution in [0.15, 0.2) is 85.3 Å². The molecule has 2 heterocycles. The number of hydrogen-bond acceptors (Lipinski definition) is 5. The first-order valence-corrected chi connectivity index (χ1v) is 13.2. The maximum absolute atomic E-state index is 12.8. The minimum atomic E-state index is -0.214. The van der Waals surface area contributed by atoms with Crippen molar-refractivity contribution in [2.24, 2.45) is 0 Å². The number of imidazole rings is 1. The molecule has 0 spiro atoms. The van der Waals surface area contributed by atoms with Gasteiger partial charge in [0.15, 0.2) is 0 Å². The number of nitrogens with zero attached hydrogens (tertiary/aromatic N) is 2. The van der Waals surface area contributed by atoms with Crippen LogP contribution in [0.3, 0.4) is 0 Å². The first kappa shape index (κ1) is 26.2. The third-order valence-corrected chi connectivity index (χ3v) is 6.85. The molecule has 1 unspecified atom stereocenters. The highest BCUT2D eigenvalue weighted by molar-refractivity contribution is 5.97. The molecule has 8 heteroatoms. The molecule has 0 bridgehead atoms. The molecule has 0 saturated heterocycles. The molecule has 1 atom stereocenters. The van der Waals surface area contributed by atoms with Crippen LogP contribution in [-0.4, -0.2) is 41.1 Å². The SMILES string of the molecule is CC(=O)NCCNC(=O)c1cccc2c1OCCC2NCc1cncn1Cc1ccc(-c2ccccc2)cc1. The van der Waals surface area contributed by atoms with E-state index in [0.717, 1.165) is 24.2 Å². The smallest absolute Gasteiger partial charge is 0.255 e. The van der Waals surface area contributed by atoms with Gasteiger partial charge >= 0.3 is 0 Å². The standard InChI is InChI=1S/C31H33N5O3/c1-22(37)33-15-16-34-31(38)28-9-5-8-27-29(14-17-39-30(27)28)35-19-26-18-32-21-36(26)20-23-10-12-25(13-11-23)24-6-3-2-4-7-24/h2-13,18,21,29,35H,14-17,19-20H2,1H3,(H,33,37)(H,34,38). The molecule has 200 valence electrons. The first-order valence-electron chi connectivity index (χ1n) is 13.2. The Balaban J connectivity index is 1.22. The van der Waals surface area contributed by atoms with Crippen molar-refractivity contribution in [1.82, 2.24) is 25.5 Å². The summed E-state index contributed by atoms with van der Waals surface area (Å²) in [6, 6.07) is 24.7. The first-order chi connectivity index (χ1) is 19.1. The van der Waals surface area contributed by atoms with Gasteiger partial charge in [-0.05, 0) is 22.8 Å². The molecular weight excluding hydrogens is 490 g/mol. The Morgan fingerprint density at radius 3 is 2.51 bits per heavy atom. The molecule has 1 aromatic heterocycles. The summed E-state index contributed by atoms with van der Waals surface area (Å²) in [6.45, 7) is 4.08. The largest absolute Gasteiger partial charge is 0.492 e. The van der Waals surface area contributed by atoms with E-state index in [1.54, 1.807) is 6.07 Å². The molecule has 0 saturated carbocycles. The van der Waals surface area contributed by atoms with E-state index in [0.29, 0.717) is 37.6 Å². The number of nitrogens with one attached hydrogen (secondary N) is 3. The monoisotopic (exact) mass is 523 g/mol. The predicted octanol–water partition coefficient (Wildman–Crippen LogP) is 4.08. The predicted molar refractivity (Wildman–Crippen MR) is 150 cm³/mol. The van der Waals surface area contributed by atoms with E-state index in [4.69, 9.17) is 4.74 Å². The highest BCUT2D eigenvalue weighted by Gasteiger charge is 2.26. The van der Waals surface area contributed by atoms with Crippen molar-refractivity contribution in [3.8, 4) is 16.9 Å². The Morgan fingerprint density at radius 1 is 0.949 bits per heavy atom. The number of fused-ring (bicyclic) bond motifs is 1. The molecular formula is C31H33N5O3. The van der Waals surface area contributed by atoms with Gasteiger partial charge in [-0.25, -0.2) is 4.98 Å². The summed E-state index contributed by atoms with van der Waals surface area (Å²) in [4.78, 5) is 28.2. The second-order valence-corrected chi connectivity index (χ2v) is 9.61. The van der Waals surface area contributed by atoms with Crippen LogP contribution in [0.2, 0.25) is 0 Å². The number of hydrogen-bond donors (Lipinski definition) is 3. The maximum Gasteiger partial charge on any atom is 0.255 e. The van der Waals surface area contributed by atoms with Gasteiger partial charge in [0.1, 0.15) is 5.75 Å². The number of para-hydroxylation sites is 1. The Morgan fingerprint density at radius 2 is 1.72 bits per heavy atom. The van der Waals surface area contributed by atoms with Crippen molar-refractivity contribution >= 4 is 11.8 Å². The van der Waals surface area contributed by atoms with Gasteiger partial charge < -0.3 is 25.3 Å². The second kappa shape index (κ2) is 12.4. The molecule has 4 aromatic rings. The van der Waals surface area contributed by atoms with Crippen LogP contribution in [0.4, 0.5) is 0 Å². The number of amides is 2. The Bertz CT molecular complexity index is 1420. The van der Waals surface area contributed by atoms with Gasteiger partial charge in [0, 0.05) is 57.3 Å².